The maximum atomic E-state index is 11.0. The fourth-order valence-corrected chi connectivity index (χ4v) is 4.64. The highest BCUT2D eigenvalue weighted by Gasteiger charge is 2.33. The predicted molar refractivity (Wildman–Crippen MR) is 114 cm³/mol. The number of fused-ring (bicyclic) bond motifs is 2. The van der Waals surface area contributed by atoms with Crippen molar-refractivity contribution in [1.82, 2.24) is 0 Å². The number of aliphatic carboxylic acids is 1. The molecule has 4 rings (SSSR count). The summed E-state index contributed by atoms with van der Waals surface area (Å²) in [5.74, 6) is 0.489. The number of ether oxygens (including phenoxy) is 2. The van der Waals surface area contributed by atoms with Crippen molar-refractivity contribution in [2.75, 3.05) is 6.61 Å². The summed E-state index contributed by atoms with van der Waals surface area (Å²) < 4.78 is 12.0. The number of hydrogen-bond donors (Lipinski definition) is 2. The van der Waals surface area contributed by atoms with Gasteiger partial charge in [0, 0.05) is 17.5 Å². The van der Waals surface area contributed by atoms with Gasteiger partial charge in [0.2, 0.25) is 0 Å². The number of carboxylic acids is 1. The SMILES string of the molecule is C=CCCC(C)(O)c1cccc2c1CCC2Oc1ccc2c(c1)OCC2CC(=O)O. The van der Waals surface area contributed by atoms with Crippen LogP contribution in [0.3, 0.4) is 0 Å². The molecule has 0 fully saturated rings. The van der Waals surface area contributed by atoms with Gasteiger partial charge >= 0.3 is 5.97 Å². The summed E-state index contributed by atoms with van der Waals surface area (Å²) in [6.45, 7) is 6.02. The topological polar surface area (TPSA) is 76.0 Å². The maximum absolute atomic E-state index is 11.0. The van der Waals surface area contributed by atoms with Gasteiger partial charge in [-0.25, -0.2) is 0 Å². The molecule has 2 aliphatic rings. The summed E-state index contributed by atoms with van der Waals surface area (Å²) in [6, 6.07) is 11.7. The molecule has 3 atom stereocenters. The molecule has 1 aliphatic heterocycles. The Morgan fingerprint density at radius 2 is 2.17 bits per heavy atom. The van der Waals surface area contributed by atoms with E-state index >= 15 is 0 Å². The molecule has 0 saturated heterocycles. The van der Waals surface area contributed by atoms with Crippen LogP contribution in [0.4, 0.5) is 0 Å². The van der Waals surface area contributed by atoms with Gasteiger partial charge in [-0.2, -0.15) is 0 Å². The Labute approximate surface area is 177 Å². The van der Waals surface area contributed by atoms with Crippen molar-refractivity contribution in [2.24, 2.45) is 0 Å². The van der Waals surface area contributed by atoms with E-state index in [1.54, 1.807) is 0 Å². The fraction of sp³-hybridized carbons (Fsp3) is 0.400. The van der Waals surface area contributed by atoms with Gasteiger partial charge in [-0.15, -0.1) is 6.58 Å². The summed E-state index contributed by atoms with van der Waals surface area (Å²) in [4.78, 5) is 11.0. The quantitative estimate of drug-likeness (QED) is 0.609. The van der Waals surface area contributed by atoms with E-state index in [0.717, 1.165) is 36.0 Å². The third kappa shape index (κ3) is 3.94. The average molecular weight is 408 g/mol. The second-order valence-corrected chi connectivity index (χ2v) is 8.43. The zero-order valence-corrected chi connectivity index (χ0v) is 17.3. The predicted octanol–water partition coefficient (Wildman–Crippen LogP) is 4.88. The standard InChI is InChI=1S/C25H28O5/c1-3-4-12-25(2,28)21-7-5-6-20-19(21)10-11-22(20)30-17-8-9-18-16(13-24(26)27)15-29-23(18)14-17/h3,5-9,14,16,22,28H,1,4,10-13,15H2,2H3,(H,26,27). The first-order valence-electron chi connectivity index (χ1n) is 10.5. The lowest BCUT2D eigenvalue weighted by Gasteiger charge is -2.26. The van der Waals surface area contributed by atoms with Crippen LogP contribution >= 0.6 is 0 Å². The Bertz CT molecular complexity index is 962. The first kappa shape index (κ1) is 20.5. The number of carbonyl (C=O) groups is 1. The highest BCUT2D eigenvalue weighted by molar-refractivity contribution is 5.68. The number of hydrogen-bond acceptors (Lipinski definition) is 4. The van der Waals surface area contributed by atoms with Crippen molar-refractivity contribution in [1.29, 1.82) is 0 Å². The molecule has 1 aliphatic carbocycles. The average Bonchev–Trinajstić information content (AvgIpc) is 3.30. The third-order valence-corrected chi connectivity index (χ3v) is 6.20. The largest absolute Gasteiger partial charge is 0.492 e. The molecule has 0 spiro atoms. The van der Waals surface area contributed by atoms with Crippen LogP contribution in [0.2, 0.25) is 0 Å². The van der Waals surface area contributed by atoms with E-state index < -0.39 is 11.6 Å². The number of allylic oxidation sites excluding steroid dienone is 1. The summed E-state index contributed by atoms with van der Waals surface area (Å²) in [6.07, 6.45) is 4.93. The second kappa shape index (κ2) is 8.15. The van der Waals surface area contributed by atoms with E-state index in [0.29, 0.717) is 24.5 Å². The summed E-state index contributed by atoms with van der Waals surface area (Å²) >= 11 is 0. The van der Waals surface area contributed by atoms with Crippen LogP contribution in [0.15, 0.2) is 49.1 Å². The fourth-order valence-electron chi connectivity index (χ4n) is 4.64. The van der Waals surface area contributed by atoms with Gasteiger partial charge in [-0.05, 0) is 55.4 Å². The molecular formula is C25H28O5. The van der Waals surface area contributed by atoms with E-state index in [2.05, 4.69) is 12.6 Å². The van der Waals surface area contributed by atoms with Crippen molar-refractivity contribution in [3.05, 3.63) is 71.3 Å². The molecular weight excluding hydrogens is 380 g/mol. The number of aliphatic hydroxyl groups is 1. The Hall–Kier alpha value is -2.79. The summed E-state index contributed by atoms with van der Waals surface area (Å²) in [7, 11) is 0. The van der Waals surface area contributed by atoms with Gasteiger partial charge in [-0.1, -0.05) is 30.3 Å². The highest BCUT2D eigenvalue weighted by atomic mass is 16.5. The molecule has 0 bridgehead atoms. The van der Waals surface area contributed by atoms with Crippen molar-refractivity contribution in [3.8, 4) is 11.5 Å². The second-order valence-electron chi connectivity index (χ2n) is 8.43. The lowest BCUT2D eigenvalue weighted by molar-refractivity contribution is -0.137. The third-order valence-electron chi connectivity index (χ3n) is 6.20. The monoisotopic (exact) mass is 408 g/mol. The molecule has 3 unspecified atom stereocenters. The molecule has 2 aromatic carbocycles. The van der Waals surface area contributed by atoms with Gasteiger partial charge in [0.15, 0.2) is 0 Å². The van der Waals surface area contributed by atoms with Crippen LogP contribution in [0, 0.1) is 0 Å². The smallest absolute Gasteiger partial charge is 0.304 e. The minimum absolute atomic E-state index is 0.0672. The molecule has 5 heteroatoms. The van der Waals surface area contributed by atoms with E-state index in [1.165, 1.54) is 5.56 Å². The molecule has 2 aromatic rings. The molecule has 1 heterocycles. The summed E-state index contributed by atoms with van der Waals surface area (Å²) in [5.41, 5.74) is 3.31. The molecule has 158 valence electrons. The molecule has 0 aromatic heterocycles. The van der Waals surface area contributed by atoms with E-state index in [4.69, 9.17) is 14.6 Å². The number of rotatable bonds is 8. The lowest BCUT2D eigenvalue weighted by atomic mass is 9.86. The Kier molecular flexibility index (Phi) is 5.56. The van der Waals surface area contributed by atoms with Crippen LogP contribution in [-0.2, 0) is 16.8 Å². The van der Waals surface area contributed by atoms with Crippen molar-refractivity contribution in [2.45, 2.75) is 56.7 Å². The Morgan fingerprint density at radius 1 is 1.33 bits per heavy atom. The number of carboxylic acid groups (broad SMARTS) is 1. The van der Waals surface area contributed by atoms with Crippen LogP contribution < -0.4 is 9.47 Å². The minimum atomic E-state index is -0.894. The van der Waals surface area contributed by atoms with Gasteiger partial charge in [0.05, 0.1) is 18.6 Å². The van der Waals surface area contributed by atoms with Gasteiger partial charge < -0.3 is 19.7 Å². The summed E-state index contributed by atoms with van der Waals surface area (Å²) in [5, 5.41) is 20.1. The highest BCUT2D eigenvalue weighted by Crippen LogP contribution is 2.43. The zero-order valence-electron chi connectivity index (χ0n) is 17.3. The van der Waals surface area contributed by atoms with Crippen molar-refractivity contribution >= 4 is 5.97 Å². The molecule has 2 N–H and O–H groups in total. The van der Waals surface area contributed by atoms with Crippen LogP contribution in [0.1, 0.15) is 66.9 Å². The van der Waals surface area contributed by atoms with E-state index in [9.17, 15) is 9.90 Å². The molecule has 0 amide bonds. The van der Waals surface area contributed by atoms with Crippen molar-refractivity contribution < 1.29 is 24.5 Å². The van der Waals surface area contributed by atoms with Gasteiger partial charge in [0.1, 0.15) is 17.6 Å². The first-order valence-corrected chi connectivity index (χ1v) is 10.5. The normalized spacial score (nSPS) is 21.3. The Morgan fingerprint density at radius 3 is 2.93 bits per heavy atom. The van der Waals surface area contributed by atoms with Crippen LogP contribution in [0.5, 0.6) is 11.5 Å². The molecule has 0 radical (unpaired) electrons. The minimum Gasteiger partial charge on any atom is -0.492 e. The van der Waals surface area contributed by atoms with Gasteiger partial charge in [-0.3, -0.25) is 4.79 Å². The van der Waals surface area contributed by atoms with Crippen LogP contribution in [-0.4, -0.2) is 22.8 Å². The van der Waals surface area contributed by atoms with E-state index in [1.807, 2.05) is 43.3 Å². The maximum Gasteiger partial charge on any atom is 0.304 e. The molecule has 5 nitrogen and oxygen atoms in total. The first-order chi connectivity index (χ1) is 14.4. The number of benzene rings is 2. The van der Waals surface area contributed by atoms with Crippen molar-refractivity contribution in [3.63, 3.8) is 0 Å². The zero-order chi connectivity index (χ0) is 21.3. The van der Waals surface area contributed by atoms with E-state index in [-0.39, 0.29) is 18.4 Å². The lowest BCUT2D eigenvalue weighted by Crippen LogP contribution is -2.22. The van der Waals surface area contributed by atoms with Crippen LogP contribution in [0.25, 0.3) is 0 Å². The van der Waals surface area contributed by atoms with Gasteiger partial charge in [0.25, 0.3) is 0 Å². The molecule has 0 saturated carbocycles. The Balaban J connectivity index is 1.53. The molecule has 30 heavy (non-hydrogen) atoms.